The molecular weight excluding hydrogens is 429 g/mol. The highest BCUT2D eigenvalue weighted by Gasteiger charge is 2.33. The van der Waals surface area contributed by atoms with E-state index in [2.05, 4.69) is 4.98 Å². The highest BCUT2D eigenvalue weighted by molar-refractivity contribution is 5.92. The van der Waals surface area contributed by atoms with Crippen LogP contribution in [0.15, 0.2) is 35.3 Å². The van der Waals surface area contributed by atoms with Crippen molar-refractivity contribution in [2.24, 2.45) is 5.73 Å². The number of hydrogen-bond acceptors (Lipinski definition) is 6. The first-order valence-corrected chi connectivity index (χ1v) is 9.67. The lowest BCUT2D eigenvalue weighted by Gasteiger charge is -2.26. The van der Waals surface area contributed by atoms with Gasteiger partial charge in [-0.1, -0.05) is 0 Å². The maximum Gasteiger partial charge on any atom is 0.341 e. The number of hydrogen-bond donors (Lipinski definition) is 2. The summed E-state index contributed by atoms with van der Waals surface area (Å²) < 4.78 is 49.3. The number of aromatic nitrogens is 2. The fraction of sp³-hybridized carbons (Fsp3) is 0.286. The Kier molecular flexibility index (Phi) is 5.61. The molecule has 2 atom stereocenters. The fourth-order valence-electron chi connectivity index (χ4n) is 3.99. The van der Waals surface area contributed by atoms with Gasteiger partial charge in [0.25, 0.3) is 0 Å². The van der Waals surface area contributed by atoms with Gasteiger partial charge < -0.3 is 20.5 Å². The number of ether oxygens (including phenoxy) is 1. The molecule has 0 saturated carbocycles. The number of carboxylic acids is 1. The van der Waals surface area contributed by atoms with Gasteiger partial charge in [0, 0.05) is 32.0 Å². The van der Waals surface area contributed by atoms with Crippen LogP contribution in [0.3, 0.4) is 0 Å². The van der Waals surface area contributed by atoms with Crippen molar-refractivity contribution in [3.63, 3.8) is 0 Å². The number of methoxy groups -OCH3 is 1. The van der Waals surface area contributed by atoms with Crippen molar-refractivity contribution in [3.8, 4) is 5.69 Å². The van der Waals surface area contributed by atoms with Gasteiger partial charge >= 0.3 is 5.97 Å². The van der Waals surface area contributed by atoms with Crippen molar-refractivity contribution in [2.75, 3.05) is 25.2 Å². The first-order chi connectivity index (χ1) is 15.2. The zero-order valence-corrected chi connectivity index (χ0v) is 16.9. The number of fused-ring (bicyclic) bond motifs is 1. The molecule has 1 fully saturated rings. The van der Waals surface area contributed by atoms with Crippen molar-refractivity contribution < 1.29 is 27.8 Å². The molecule has 1 saturated heterocycles. The van der Waals surface area contributed by atoms with E-state index in [0.29, 0.717) is 12.5 Å². The highest BCUT2D eigenvalue weighted by atomic mass is 19.1. The van der Waals surface area contributed by atoms with E-state index >= 15 is 4.39 Å². The van der Waals surface area contributed by atoms with Crippen molar-refractivity contribution in [2.45, 2.75) is 18.5 Å². The zero-order chi connectivity index (χ0) is 23.2. The monoisotopic (exact) mass is 448 g/mol. The SMILES string of the molecule is COCC1C[C@H](N)CN1c1nc2c(cc1F)c(=O)c(C(=O)O)cn2-c1ccc(F)cc1F. The van der Waals surface area contributed by atoms with E-state index in [1.54, 1.807) is 4.90 Å². The number of nitrogens with zero attached hydrogens (tertiary/aromatic N) is 3. The molecule has 0 radical (unpaired) electrons. The number of carboxylic acid groups (broad SMARTS) is 1. The standard InChI is InChI=1S/C21H19F3N4O4/c1-32-9-12-5-11(25)7-27(12)20-16(24)6-13-18(29)14(21(30)31)8-28(19(13)26-20)17-3-2-10(22)4-15(17)23/h2-4,6,8,11-12H,5,7,9,25H2,1H3,(H,30,31)/t11-,12?/m0/s1. The molecule has 32 heavy (non-hydrogen) atoms. The number of carbonyl (C=O) groups is 1. The van der Waals surface area contributed by atoms with E-state index in [4.69, 9.17) is 10.5 Å². The van der Waals surface area contributed by atoms with E-state index < -0.39 is 34.4 Å². The third-order valence-electron chi connectivity index (χ3n) is 5.39. The summed E-state index contributed by atoms with van der Waals surface area (Å²) in [4.78, 5) is 30.1. The van der Waals surface area contributed by atoms with Gasteiger partial charge in [-0.15, -0.1) is 0 Å². The van der Waals surface area contributed by atoms with Crippen LogP contribution in [0.2, 0.25) is 0 Å². The molecule has 1 aliphatic heterocycles. The molecule has 1 aliphatic rings. The van der Waals surface area contributed by atoms with Gasteiger partial charge in [-0.05, 0) is 24.6 Å². The lowest BCUT2D eigenvalue weighted by atomic mass is 10.1. The maximum atomic E-state index is 15.1. The second-order valence-corrected chi connectivity index (χ2v) is 7.57. The quantitative estimate of drug-likeness (QED) is 0.615. The Bertz CT molecular complexity index is 1280. The van der Waals surface area contributed by atoms with Gasteiger partial charge in [0.15, 0.2) is 17.3 Å². The van der Waals surface area contributed by atoms with Crippen molar-refractivity contribution in [1.82, 2.24) is 9.55 Å². The molecular formula is C21H19F3N4O4. The first-order valence-electron chi connectivity index (χ1n) is 9.67. The van der Waals surface area contributed by atoms with Crippen LogP contribution in [-0.2, 0) is 4.74 Å². The second kappa shape index (κ2) is 8.24. The predicted octanol–water partition coefficient (Wildman–Crippen LogP) is 2.05. The molecule has 0 bridgehead atoms. The first kappa shape index (κ1) is 21.8. The van der Waals surface area contributed by atoms with E-state index in [1.807, 2.05) is 0 Å². The van der Waals surface area contributed by atoms with Crippen LogP contribution >= 0.6 is 0 Å². The molecule has 0 amide bonds. The summed E-state index contributed by atoms with van der Waals surface area (Å²) in [5, 5.41) is 9.05. The molecule has 0 spiro atoms. The van der Waals surface area contributed by atoms with Crippen molar-refractivity contribution >= 4 is 22.8 Å². The van der Waals surface area contributed by atoms with Gasteiger partial charge in [-0.2, -0.15) is 0 Å². The van der Waals surface area contributed by atoms with E-state index in [1.165, 1.54) is 7.11 Å². The number of benzene rings is 1. The summed E-state index contributed by atoms with van der Waals surface area (Å²) in [6, 6.07) is 2.98. The Morgan fingerprint density at radius 3 is 2.69 bits per heavy atom. The van der Waals surface area contributed by atoms with E-state index in [0.717, 1.165) is 29.0 Å². The van der Waals surface area contributed by atoms with Crippen molar-refractivity contribution in [3.05, 3.63) is 63.7 Å². The largest absolute Gasteiger partial charge is 0.477 e. The van der Waals surface area contributed by atoms with E-state index in [-0.39, 0.29) is 47.8 Å². The molecule has 4 rings (SSSR count). The van der Waals surface area contributed by atoms with Gasteiger partial charge in [-0.3, -0.25) is 9.36 Å². The van der Waals surface area contributed by atoms with Crippen molar-refractivity contribution in [1.29, 1.82) is 0 Å². The Morgan fingerprint density at radius 1 is 1.28 bits per heavy atom. The summed E-state index contributed by atoms with van der Waals surface area (Å²) in [7, 11) is 1.49. The van der Waals surface area contributed by atoms with Crippen LogP contribution in [0.4, 0.5) is 19.0 Å². The molecule has 3 heterocycles. The number of aromatic carboxylic acids is 1. The summed E-state index contributed by atoms with van der Waals surface area (Å²) in [6.07, 6.45) is 1.41. The minimum Gasteiger partial charge on any atom is -0.477 e. The van der Waals surface area contributed by atoms with Crippen LogP contribution in [0.25, 0.3) is 16.7 Å². The minimum atomic E-state index is -1.58. The van der Waals surface area contributed by atoms with Gasteiger partial charge in [-0.25, -0.2) is 22.9 Å². The summed E-state index contributed by atoms with van der Waals surface area (Å²) >= 11 is 0. The topological polar surface area (TPSA) is 111 Å². The lowest BCUT2D eigenvalue weighted by molar-refractivity contribution is 0.0695. The van der Waals surface area contributed by atoms with Crippen LogP contribution < -0.4 is 16.1 Å². The highest BCUT2D eigenvalue weighted by Crippen LogP contribution is 2.29. The van der Waals surface area contributed by atoms with Crippen LogP contribution in [-0.4, -0.2) is 53.0 Å². The van der Waals surface area contributed by atoms with Gasteiger partial charge in [0.05, 0.1) is 23.7 Å². The predicted molar refractivity (Wildman–Crippen MR) is 110 cm³/mol. The van der Waals surface area contributed by atoms with Crippen LogP contribution in [0.5, 0.6) is 0 Å². The van der Waals surface area contributed by atoms with E-state index in [9.17, 15) is 23.5 Å². The summed E-state index contributed by atoms with van der Waals surface area (Å²) in [6.45, 7) is 0.524. The number of anilines is 1. The Balaban J connectivity index is 2.02. The summed E-state index contributed by atoms with van der Waals surface area (Å²) in [5.41, 5.74) is 3.90. The minimum absolute atomic E-state index is 0.133. The fourth-order valence-corrected chi connectivity index (χ4v) is 3.99. The third-order valence-corrected chi connectivity index (χ3v) is 5.39. The second-order valence-electron chi connectivity index (χ2n) is 7.57. The van der Waals surface area contributed by atoms with Crippen LogP contribution in [0.1, 0.15) is 16.8 Å². The molecule has 168 valence electrons. The van der Waals surface area contributed by atoms with Gasteiger partial charge in [0.2, 0.25) is 5.43 Å². The zero-order valence-electron chi connectivity index (χ0n) is 16.9. The molecule has 11 heteroatoms. The normalized spacial score (nSPS) is 18.5. The third kappa shape index (κ3) is 3.69. The summed E-state index contributed by atoms with van der Waals surface area (Å²) in [5.74, 6) is -4.43. The van der Waals surface area contributed by atoms with Gasteiger partial charge in [0.1, 0.15) is 17.2 Å². The molecule has 3 N–H and O–H groups in total. The molecule has 8 nitrogen and oxygen atoms in total. The molecule has 1 unspecified atom stereocenters. The maximum absolute atomic E-state index is 15.1. The molecule has 2 aromatic heterocycles. The van der Waals surface area contributed by atoms with Crippen LogP contribution in [0, 0.1) is 17.5 Å². The Morgan fingerprint density at radius 2 is 2.03 bits per heavy atom. The smallest absolute Gasteiger partial charge is 0.341 e. The number of nitrogens with two attached hydrogens (primary N) is 1. The lowest BCUT2D eigenvalue weighted by Crippen LogP contribution is -2.35. The Hall–Kier alpha value is -3.44. The number of halogens is 3. The number of rotatable bonds is 5. The molecule has 1 aromatic carbocycles. The average Bonchev–Trinajstić information content (AvgIpc) is 3.09. The molecule has 3 aromatic rings. The Labute approximate surface area is 179 Å². The molecule has 0 aliphatic carbocycles. The average molecular weight is 448 g/mol. The number of pyridine rings is 2.